The molecular weight excluding hydrogens is 536 g/mol. The normalized spacial score (nSPS) is 27.8. The van der Waals surface area contributed by atoms with Crippen LogP contribution in [0.25, 0.3) is 16.9 Å². The molecular formula is C33H36N2O7. The number of nitrogens with zero attached hydrogens (tertiary/aromatic N) is 1. The number of fused-ring (bicyclic) bond motifs is 3. The van der Waals surface area contributed by atoms with Crippen molar-refractivity contribution in [3.63, 3.8) is 0 Å². The van der Waals surface area contributed by atoms with Crippen LogP contribution >= 0.6 is 0 Å². The maximum Gasteiger partial charge on any atom is 0.255 e. The van der Waals surface area contributed by atoms with E-state index >= 15 is 0 Å². The molecule has 2 fully saturated rings. The zero-order valence-electron chi connectivity index (χ0n) is 23.8. The van der Waals surface area contributed by atoms with Crippen LogP contribution in [-0.2, 0) is 27.3 Å². The molecule has 2 aromatic carbocycles. The van der Waals surface area contributed by atoms with Gasteiger partial charge in [-0.3, -0.25) is 19.3 Å². The molecule has 0 aromatic heterocycles. The molecule has 9 heteroatoms. The first kappa shape index (κ1) is 28.2. The third-order valence-corrected chi connectivity index (χ3v) is 9.72. The number of carbonyl (C=O) groups excluding carboxylic acids is 3. The number of phenols is 1. The van der Waals surface area contributed by atoms with Crippen molar-refractivity contribution in [1.29, 1.82) is 0 Å². The number of hydrogen-bond donors (Lipinski definition) is 5. The predicted molar refractivity (Wildman–Crippen MR) is 155 cm³/mol. The van der Waals surface area contributed by atoms with Gasteiger partial charge >= 0.3 is 0 Å². The molecule has 6 N–H and O–H groups in total. The van der Waals surface area contributed by atoms with Gasteiger partial charge in [0.05, 0.1) is 5.56 Å². The number of aliphatic hydroxyl groups excluding tert-OH is 2. The van der Waals surface area contributed by atoms with Crippen LogP contribution in [0.1, 0.15) is 49.8 Å². The van der Waals surface area contributed by atoms with Gasteiger partial charge in [-0.15, -0.1) is 0 Å². The molecule has 9 nitrogen and oxygen atoms in total. The van der Waals surface area contributed by atoms with E-state index in [1.807, 2.05) is 12.1 Å². The Hall–Kier alpha value is -3.95. The number of carbonyl (C=O) groups is 3. The van der Waals surface area contributed by atoms with Gasteiger partial charge in [-0.25, -0.2) is 0 Å². The van der Waals surface area contributed by atoms with E-state index in [9.17, 15) is 34.8 Å². The van der Waals surface area contributed by atoms with Crippen LogP contribution in [-0.4, -0.2) is 61.5 Å². The first-order valence-electron chi connectivity index (χ1n) is 14.6. The van der Waals surface area contributed by atoms with Crippen molar-refractivity contribution in [2.24, 2.45) is 29.4 Å². The molecule has 220 valence electrons. The minimum atomic E-state index is -2.61. The quantitative estimate of drug-likeness (QED) is 0.340. The van der Waals surface area contributed by atoms with E-state index in [-0.39, 0.29) is 35.6 Å². The van der Waals surface area contributed by atoms with E-state index in [4.69, 9.17) is 5.73 Å². The maximum atomic E-state index is 14.0. The van der Waals surface area contributed by atoms with Crippen LogP contribution in [0.15, 0.2) is 53.3 Å². The zero-order valence-corrected chi connectivity index (χ0v) is 23.8. The fourth-order valence-electron chi connectivity index (χ4n) is 7.74. The molecule has 4 atom stereocenters. The molecule has 3 aliphatic carbocycles. The molecule has 0 bridgehead atoms. The summed E-state index contributed by atoms with van der Waals surface area (Å²) in [5.41, 5.74) is 5.52. The highest BCUT2D eigenvalue weighted by Crippen LogP contribution is 2.55. The minimum absolute atomic E-state index is 0.0929. The Morgan fingerprint density at radius 3 is 2.33 bits per heavy atom. The number of aliphatic hydroxyl groups is 3. The smallest absolute Gasteiger partial charge is 0.255 e. The van der Waals surface area contributed by atoms with E-state index in [1.165, 1.54) is 24.5 Å². The van der Waals surface area contributed by atoms with Gasteiger partial charge in [0.1, 0.15) is 22.8 Å². The van der Waals surface area contributed by atoms with Gasteiger partial charge in [0.15, 0.2) is 11.4 Å². The number of benzene rings is 2. The summed E-state index contributed by atoms with van der Waals surface area (Å²) in [7, 11) is 0. The summed E-state index contributed by atoms with van der Waals surface area (Å²) in [5, 5.41) is 45.1. The third-order valence-electron chi connectivity index (χ3n) is 9.72. The minimum Gasteiger partial charge on any atom is -0.508 e. The summed E-state index contributed by atoms with van der Waals surface area (Å²) < 4.78 is 0. The molecule has 0 unspecified atom stereocenters. The Bertz CT molecular complexity index is 1570. The highest BCUT2D eigenvalue weighted by Gasteiger charge is 2.64. The number of phenolic OH excluding ortho intramolecular Hbond substituents is 1. The Labute approximate surface area is 244 Å². The van der Waals surface area contributed by atoms with E-state index in [2.05, 4.69) is 17.0 Å². The summed E-state index contributed by atoms with van der Waals surface area (Å²) in [4.78, 5) is 41.9. The topological polar surface area (TPSA) is 161 Å². The summed E-state index contributed by atoms with van der Waals surface area (Å²) in [5.74, 6) is -7.64. The Morgan fingerprint density at radius 1 is 1.05 bits per heavy atom. The van der Waals surface area contributed by atoms with Crippen LogP contribution in [0.3, 0.4) is 0 Å². The van der Waals surface area contributed by atoms with Crippen LogP contribution < -0.4 is 5.73 Å². The van der Waals surface area contributed by atoms with Gasteiger partial charge in [0.25, 0.3) is 5.91 Å². The predicted octanol–water partition coefficient (Wildman–Crippen LogP) is 3.57. The lowest BCUT2D eigenvalue weighted by Gasteiger charge is -2.50. The molecule has 6 rings (SSSR count). The van der Waals surface area contributed by atoms with Crippen molar-refractivity contribution in [2.75, 3.05) is 13.1 Å². The number of aromatic hydroxyl groups is 1. The van der Waals surface area contributed by atoms with E-state index in [0.717, 1.165) is 30.8 Å². The largest absolute Gasteiger partial charge is 0.508 e. The Kier molecular flexibility index (Phi) is 6.78. The lowest BCUT2D eigenvalue weighted by Crippen LogP contribution is -2.62. The molecule has 0 spiro atoms. The lowest BCUT2D eigenvalue weighted by atomic mass is 9.54. The number of amides is 1. The monoisotopic (exact) mass is 572 g/mol. The number of ketones is 2. The zero-order chi connectivity index (χ0) is 30.1. The maximum absolute atomic E-state index is 14.0. The van der Waals surface area contributed by atoms with Crippen LogP contribution in [0, 0.1) is 23.7 Å². The Balaban J connectivity index is 1.45. The number of hydrogen-bond acceptors (Lipinski definition) is 8. The van der Waals surface area contributed by atoms with Gasteiger partial charge in [-0.05, 0) is 78.9 Å². The average molecular weight is 573 g/mol. The van der Waals surface area contributed by atoms with E-state index < -0.39 is 57.9 Å². The summed E-state index contributed by atoms with van der Waals surface area (Å²) in [6.45, 7) is 6.56. The third kappa shape index (κ3) is 4.09. The van der Waals surface area contributed by atoms with Gasteiger partial charge in [-0.1, -0.05) is 44.2 Å². The SMILES string of the molecule is CC(C)[C@@H]1C(=O)C(C(N)=O)=C(O)[C@@]2(O)C(=O)C3=C(O)c4c(O)ccc(-c5ccc(CN6CCCC6)cc5)c4C[C@H]3C[C@@H]12. The molecule has 1 heterocycles. The standard InChI is InChI=1S/C33H36N2O7/c1-16(2)24-22-14-19-13-21-20(18-7-5-17(6-8-18)15-35-11-3-4-12-35)9-10-23(36)26(21)29(38)25(19)30(39)33(22,42)31(40)27(28(24)37)32(34)41/h5-10,16,19,22,24,36,38,40,42H,3-4,11-15H2,1-2H3,(H2,34,41)/t19-,22-,24-,33-/m0/s1. The van der Waals surface area contributed by atoms with Crippen molar-refractivity contribution in [3.05, 3.63) is 70.0 Å². The second-order valence-corrected chi connectivity index (χ2v) is 12.5. The first-order chi connectivity index (χ1) is 19.9. The average Bonchev–Trinajstić information content (AvgIpc) is 3.44. The molecule has 1 aliphatic heterocycles. The highest BCUT2D eigenvalue weighted by atomic mass is 16.3. The van der Waals surface area contributed by atoms with Crippen molar-refractivity contribution in [1.82, 2.24) is 4.90 Å². The van der Waals surface area contributed by atoms with Crippen molar-refractivity contribution in [3.8, 4) is 16.9 Å². The fraction of sp³-hybridized carbons (Fsp3) is 0.424. The second kappa shape index (κ2) is 10.1. The van der Waals surface area contributed by atoms with E-state index in [0.29, 0.717) is 5.56 Å². The molecule has 1 amide bonds. The molecule has 0 radical (unpaired) electrons. The van der Waals surface area contributed by atoms with Crippen LogP contribution in [0.5, 0.6) is 5.75 Å². The molecule has 1 saturated carbocycles. The number of likely N-dealkylation sites (tertiary alicyclic amines) is 1. The van der Waals surface area contributed by atoms with Crippen molar-refractivity contribution >= 4 is 23.2 Å². The van der Waals surface area contributed by atoms with E-state index in [1.54, 1.807) is 19.9 Å². The first-order valence-corrected chi connectivity index (χ1v) is 14.6. The van der Waals surface area contributed by atoms with Gasteiger partial charge in [0.2, 0.25) is 5.78 Å². The van der Waals surface area contributed by atoms with Crippen molar-refractivity contribution in [2.45, 2.75) is 51.7 Å². The van der Waals surface area contributed by atoms with Gasteiger partial charge < -0.3 is 26.2 Å². The number of Topliss-reactive ketones (excluding diaryl/α,β-unsaturated/α-hetero) is 2. The van der Waals surface area contributed by atoms with Crippen LogP contribution in [0.4, 0.5) is 0 Å². The van der Waals surface area contributed by atoms with Crippen molar-refractivity contribution < 1.29 is 34.8 Å². The summed E-state index contributed by atoms with van der Waals surface area (Å²) in [6.07, 6.45) is 2.79. The van der Waals surface area contributed by atoms with Gasteiger partial charge in [0, 0.05) is 24.0 Å². The number of nitrogens with two attached hydrogens (primary N) is 1. The molecule has 4 aliphatic rings. The Morgan fingerprint density at radius 2 is 1.71 bits per heavy atom. The number of primary amides is 1. The number of rotatable bonds is 5. The highest BCUT2D eigenvalue weighted by molar-refractivity contribution is 6.23. The second-order valence-electron chi connectivity index (χ2n) is 12.5. The lowest BCUT2D eigenvalue weighted by molar-refractivity contribution is -0.155. The van der Waals surface area contributed by atoms with Gasteiger partial charge in [-0.2, -0.15) is 0 Å². The fourth-order valence-corrected chi connectivity index (χ4v) is 7.74. The molecule has 2 aromatic rings. The van der Waals surface area contributed by atoms with Crippen LogP contribution in [0.2, 0.25) is 0 Å². The molecule has 42 heavy (non-hydrogen) atoms. The summed E-state index contributed by atoms with van der Waals surface area (Å²) >= 11 is 0. The summed E-state index contributed by atoms with van der Waals surface area (Å²) in [6, 6.07) is 11.4. The molecule has 1 saturated heterocycles.